The first-order chi connectivity index (χ1) is 11.6. The van der Waals surface area contributed by atoms with E-state index in [1.807, 2.05) is 31.2 Å². The Bertz CT molecular complexity index is 829. The lowest BCUT2D eigenvalue weighted by Crippen LogP contribution is -2.13. The SMILES string of the molecule is Cc1ccc(NC(=O)CSc2ncc(-c3ccc(F)cc3)o2)cc1. The molecule has 0 bridgehead atoms. The molecule has 0 aliphatic rings. The number of hydrogen-bond donors (Lipinski definition) is 1. The van der Waals surface area contributed by atoms with E-state index in [-0.39, 0.29) is 17.5 Å². The van der Waals surface area contributed by atoms with Gasteiger partial charge in [0.25, 0.3) is 5.22 Å². The summed E-state index contributed by atoms with van der Waals surface area (Å²) in [5.74, 6) is 0.291. The summed E-state index contributed by atoms with van der Waals surface area (Å²) in [5, 5.41) is 3.21. The molecule has 1 heterocycles. The Hall–Kier alpha value is -2.60. The van der Waals surface area contributed by atoms with Gasteiger partial charge in [0.05, 0.1) is 11.9 Å². The summed E-state index contributed by atoms with van der Waals surface area (Å²) in [4.78, 5) is 16.1. The fourth-order valence-electron chi connectivity index (χ4n) is 2.03. The van der Waals surface area contributed by atoms with Crippen LogP contribution in [0.1, 0.15) is 5.56 Å². The molecular weight excluding hydrogens is 327 g/mol. The van der Waals surface area contributed by atoms with E-state index >= 15 is 0 Å². The fraction of sp³-hybridized carbons (Fsp3) is 0.111. The molecule has 0 aliphatic heterocycles. The van der Waals surface area contributed by atoms with Crippen LogP contribution >= 0.6 is 11.8 Å². The molecule has 1 amide bonds. The van der Waals surface area contributed by atoms with Gasteiger partial charge < -0.3 is 9.73 Å². The number of nitrogens with one attached hydrogen (secondary N) is 1. The number of halogens is 1. The van der Waals surface area contributed by atoms with Crippen LogP contribution in [-0.2, 0) is 4.79 Å². The molecule has 3 aromatic rings. The van der Waals surface area contributed by atoms with Crippen LogP contribution in [0.25, 0.3) is 11.3 Å². The van der Waals surface area contributed by atoms with E-state index in [1.54, 1.807) is 18.3 Å². The number of nitrogens with zero attached hydrogens (tertiary/aromatic N) is 1. The van der Waals surface area contributed by atoms with Crippen LogP contribution in [0.3, 0.4) is 0 Å². The van der Waals surface area contributed by atoms with Crippen LogP contribution in [0.4, 0.5) is 10.1 Å². The van der Waals surface area contributed by atoms with Gasteiger partial charge in [-0.1, -0.05) is 29.5 Å². The van der Waals surface area contributed by atoms with Gasteiger partial charge in [-0.15, -0.1) is 0 Å². The smallest absolute Gasteiger partial charge is 0.256 e. The van der Waals surface area contributed by atoms with Gasteiger partial charge in [0.1, 0.15) is 5.82 Å². The van der Waals surface area contributed by atoms with Crippen molar-refractivity contribution in [3.63, 3.8) is 0 Å². The van der Waals surface area contributed by atoms with Gasteiger partial charge in [0.15, 0.2) is 5.76 Å². The third-order valence-electron chi connectivity index (χ3n) is 3.28. The van der Waals surface area contributed by atoms with Crippen LogP contribution in [0, 0.1) is 12.7 Å². The van der Waals surface area contributed by atoms with Gasteiger partial charge in [-0.3, -0.25) is 4.79 Å². The molecule has 0 saturated carbocycles. The average Bonchev–Trinajstić information content (AvgIpc) is 3.05. The first-order valence-corrected chi connectivity index (χ1v) is 8.30. The number of rotatable bonds is 5. The normalized spacial score (nSPS) is 10.6. The van der Waals surface area contributed by atoms with Crippen LogP contribution in [0.5, 0.6) is 0 Å². The van der Waals surface area contributed by atoms with E-state index in [0.29, 0.717) is 11.0 Å². The summed E-state index contributed by atoms with van der Waals surface area (Å²) in [5.41, 5.74) is 2.63. The third kappa shape index (κ3) is 4.23. The monoisotopic (exact) mass is 342 g/mol. The van der Waals surface area contributed by atoms with Crippen molar-refractivity contribution in [3.8, 4) is 11.3 Å². The molecule has 0 saturated heterocycles. The van der Waals surface area contributed by atoms with Gasteiger partial charge >= 0.3 is 0 Å². The molecular formula is C18H15FN2O2S. The van der Waals surface area contributed by atoms with E-state index < -0.39 is 0 Å². The second-order valence-electron chi connectivity index (χ2n) is 5.20. The minimum atomic E-state index is -0.305. The highest BCUT2D eigenvalue weighted by molar-refractivity contribution is 7.99. The van der Waals surface area contributed by atoms with Gasteiger partial charge in [-0.2, -0.15) is 0 Å². The molecule has 2 aromatic carbocycles. The van der Waals surface area contributed by atoms with Crippen molar-refractivity contribution in [2.75, 3.05) is 11.1 Å². The number of hydrogen-bond acceptors (Lipinski definition) is 4. The molecule has 0 fully saturated rings. The number of thioether (sulfide) groups is 1. The predicted octanol–water partition coefficient (Wildman–Crippen LogP) is 4.52. The van der Waals surface area contributed by atoms with Gasteiger partial charge in [-0.05, 0) is 43.3 Å². The summed E-state index contributed by atoms with van der Waals surface area (Å²) in [7, 11) is 0. The van der Waals surface area contributed by atoms with Crippen molar-refractivity contribution < 1.29 is 13.6 Å². The van der Waals surface area contributed by atoms with Crippen molar-refractivity contribution in [3.05, 3.63) is 66.1 Å². The highest BCUT2D eigenvalue weighted by atomic mass is 32.2. The number of aryl methyl sites for hydroxylation is 1. The Morgan fingerprint density at radius 2 is 1.88 bits per heavy atom. The first-order valence-electron chi connectivity index (χ1n) is 7.31. The first kappa shape index (κ1) is 16.3. The summed E-state index contributed by atoms with van der Waals surface area (Å²) < 4.78 is 18.5. The van der Waals surface area contributed by atoms with Crippen LogP contribution in [0.2, 0.25) is 0 Å². The van der Waals surface area contributed by atoms with Crippen molar-refractivity contribution in [2.45, 2.75) is 12.1 Å². The van der Waals surface area contributed by atoms with Crippen molar-refractivity contribution >= 4 is 23.4 Å². The summed E-state index contributed by atoms with van der Waals surface area (Å²) in [6.07, 6.45) is 1.56. The number of aromatic nitrogens is 1. The quantitative estimate of drug-likeness (QED) is 0.693. The van der Waals surface area contributed by atoms with E-state index in [9.17, 15) is 9.18 Å². The lowest BCUT2D eigenvalue weighted by molar-refractivity contribution is -0.113. The standard InChI is InChI=1S/C18H15FN2O2S/c1-12-2-8-15(9-3-12)21-17(22)11-24-18-20-10-16(23-18)13-4-6-14(19)7-5-13/h2-10H,11H2,1H3,(H,21,22). The lowest BCUT2D eigenvalue weighted by atomic mass is 10.2. The Morgan fingerprint density at radius 3 is 2.58 bits per heavy atom. The molecule has 0 atom stereocenters. The van der Waals surface area contributed by atoms with Crippen molar-refractivity contribution in [2.24, 2.45) is 0 Å². The number of carbonyl (C=O) groups excluding carboxylic acids is 1. The lowest BCUT2D eigenvalue weighted by Gasteiger charge is -2.04. The zero-order valence-corrected chi connectivity index (χ0v) is 13.8. The topological polar surface area (TPSA) is 55.1 Å². The fourth-order valence-corrected chi connectivity index (χ4v) is 2.64. The number of benzene rings is 2. The van der Waals surface area contributed by atoms with E-state index in [2.05, 4.69) is 10.3 Å². The van der Waals surface area contributed by atoms with Gasteiger partial charge in [0.2, 0.25) is 5.91 Å². The third-order valence-corrected chi connectivity index (χ3v) is 4.12. The Kier molecular flexibility index (Phi) is 4.96. The second-order valence-corrected chi connectivity index (χ2v) is 6.13. The maximum atomic E-state index is 12.9. The number of carbonyl (C=O) groups is 1. The Labute approximate surface area is 143 Å². The highest BCUT2D eigenvalue weighted by Crippen LogP contribution is 2.25. The zero-order chi connectivity index (χ0) is 16.9. The maximum absolute atomic E-state index is 12.9. The molecule has 122 valence electrons. The zero-order valence-electron chi connectivity index (χ0n) is 13.0. The molecule has 1 aromatic heterocycles. The van der Waals surface area contributed by atoms with E-state index in [0.717, 1.165) is 16.8 Å². The Balaban J connectivity index is 1.56. The molecule has 0 radical (unpaired) electrons. The van der Waals surface area contributed by atoms with E-state index in [1.165, 1.54) is 23.9 Å². The van der Waals surface area contributed by atoms with Crippen molar-refractivity contribution in [1.29, 1.82) is 0 Å². The molecule has 0 aliphatic carbocycles. The molecule has 3 rings (SSSR count). The second kappa shape index (κ2) is 7.31. The molecule has 0 unspecified atom stereocenters. The minimum Gasteiger partial charge on any atom is -0.431 e. The summed E-state index contributed by atoms with van der Waals surface area (Å²) in [6, 6.07) is 13.5. The average molecular weight is 342 g/mol. The largest absolute Gasteiger partial charge is 0.431 e. The molecule has 24 heavy (non-hydrogen) atoms. The molecule has 1 N–H and O–H groups in total. The van der Waals surface area contributed by atoms with E-state index in [4.69, 9.17) is 4.42 Å². The summed E-state index contributed by atoms with van der Waals surface area (Å²) >= 11 is 1.21. The summed E-state index contributed by atoms with van der Waals surface area (Å²) in [6.45, 7) is 1.99. The number of anilines is 1. The van der Waals surface area contributed by atoms with Crippen LogP contribution in [-0.4, -0.2) is 16.6 Å². The van der Waals surface area contributed by atoms with Crippen molar-refractivity contribution in [1.82, 2.24) is 4.98 Å². The van der Waals surface area contributed by atoms with Gasteiger partial charge in [0, 0.05) is 11.3 Å². The Morgan fingerprint density at radius 1 is 1.17 bits per heavy atom. The molecule has 6 heteroatoms. The number of oxazole rings is 1. The van der Waals surface area contributed by atoms with Crippen LogP contribution < -0.4 is 5.32 Å². The van der Waals surface area contributed by atoms with Gasteiger partial charge in [-0.25, -0.2) is 9.37 Å². The highest BCUT2D eigenvalue weighted by Gasteiger charge is 2.10. The maximum Gasteiger partial charge on any atom is 0.256 e. The van der Waals surface area contributed by atoms with Crippen LogP contribution in [0.15, 0.2) is 64.4 Å². The predicted molar refractivity (Wildman–Crippen MR) is 92.4 cm³/mol. The number of amides is 1. The molecule has 4 nitrogen and oxygen atoms in total. The minimum absolute atomic E-state index is 0.134. The molecule has 0 spiro atoms.